The van der Waals surface area contributed by atoms with Gasteiger partial charge in [-0.3, -0.25) is 14.6 Å². The Morgan fingerprint density at radius 1 is 1.24 bits per heavy atom. The highest BCUT2D eigenvalue weighted by atomic mass is 32.1. The average Bonchev–Trinajstić information content (AvgIpc) is 3.64. The van der Waals surface area contributed by atoms with E-state index in [0.29, 0.717) is 0 Å². The largest absolute Gasteiger partial charge is 0.417 e. The summed E-state index contributed by atoms with van der Waals surface area (Å²) in [5, 5.41) is 15.3. The van der Waals surface area contributed by atoms with E-state index in [4.69, 9.17) is 12.2 Å². The SMILES string of the molecule is C/C(=N\C(C(=O)N1CC(F)(F)C[C@@H]1C)C(=S)c1cnc(NC(C)(C)C2CC2)cc1C(F)(F)F)C(=O)NCC(C)(C)O. The fraction of sp³-hybridized carbons (Fsp3) is 0.667. The van der Waals surface area contributed by atoms with Crippen LogP contribution in [0.25, 0.3) is 0 Å². The molecule has 2 fully saturated rings. The molecule has 0 radical (unpaired) electrons. The van der Waals surface area contributed by atoms with Crippen LogP contribution in [0.4, 0.5) is 27.8 Å². The van der Waals surface area contributed by atoms with Gasteiger partial charge in [-0.15, -0.1) is 0 Å². The Morgan fingerprint density at radius 3 is 2.34 bits per heavy atom. The highest BCUT2D eigenvalue weighted by Gasteiger charge is 2.48. The van der Waals surface area contributed by atoms with Crippen LogP contribution >= 0.6 is 12.2 Å². The number of thiocarbonyl (C=S) groups is 1. The molecule has 1 aliphatic heterocycles. The number of carbonyl (C=O) groups is 2. The van der Waals surface area contributed by atoms with Gasteiger partial charge >= 0.3 is 6.18 Å². The molecule has 0 aromatic carbocycles. The molecule has 0 bridgehead atoms. The summed E-state index contributed by atoms with van der Waals surface area (Å²) >= 11 is 5.37. The molecule has 2 heterocycles. The van der Waals surface area contributed by atoms with Crippen LogP contribution in [0.1, 0.15) is 71.9 Å². The van der Waals surface area contributed by atoms with Crippen LogP contribution in [0.5, 0.6) is 0 Å². The molecule has 2 amide bonds. The number of aliphatic hydroxyl groups is 1. The van der Waals surface area contributed by atoms with E-state index in [0.717, 1.165) is 30.0 Å². The first kappa shape index (κ1) is 32.8. The van der Waals surface area contributed by atoms with E-state index in [1.54, 1.807) is 0 Å². The van der Waals surface area contributed by atoms with Crippen molar-refractivity contribution in [3.63, 3.8) is 0 Å². The van der Waals surface area contributed by atoms with Crippen molar-refractivity contribution >= 4 is 40.4 Å². The fourth-order valence-electron chi connectivity index (χ4n) is 4.71. The van der Waals surface area contributed by atoms with Gasteiger partial charge in [0.2, 0.25) is 0 Å². The van der Waals surface area contributed by atoms with Crippen molar-refractivity contribution in [3.05, 3.63) is 23.4 Å². The molecular formula is C27H36F5N5O3S. The third-order valence-corrected chi connectivity index (χ3v) is 7.59. The van der Waals surface area contributed by atoms with Crippen LogP contribution in [0.3, 0.4) is 0 Å². The quantitative estimate of drug-likeness (QED) is 0.158. The van der Waals surface area contributed by atoms with E-state index in [9.17, 15) is 36.6 Å². The summed E-state index contributed by atoms with van der Waals surface area (Å²) in [5.74, 6) is -4.84. The van der Waals surface area contributed by atoms with Crippen molar-refractivity contribution in [1.82, 2.24) is 15.2 Å². The maximum Gasteiger partial charge on any atom is 0.417 e. The Bertz CT molecular complexity index is 1220. The Kier molecular flexibility index (Phi) is 9.19. The van der Waals surface area contributed by atoms with Gasteiger partial charge < -0.3 is 20.6 Å². The minimum Gasteiger partial charge on any atom is -0.389 e. The predicted octanol–water partition coefficient (Wildman–Crippen LogP) is 4.39. The number of halogens is 5. The molecule has 41 heavy (non-hydrogen) atoms. The number of amides is 2. The zero-order valence-corrected chi connectivity index (χ0v) is 24.6. The lowest BCUT2D eigenvalue weighted by Crippen LogP contribution is -2.46. The number of hydrogen-bond donors (Lipinski definition) is 3. The van der Waals surface area contributed by atoms with Crippen LogP contribution in [0.2, 0.25) is 0 Å². The van der Waals surface area contributed by atoms with Crippen LogP contribution in [-0.2, 0) is 15.8 Å². The van der Waals surface area contributed by atoms with Crippen LogP contribution < -0.4 is 10.6 Å². The molecule has 1 aromatic heterocycles. The monoisotopic (exact) mass is 605 g/mol. The normalized spacial score (nSPS) is 20.5. The average molecular weight is 606 g/mol. The second-order valence-electron chi connectivity index (χ2n) is 12.1. The Labute approximate surface area is 241 Å². The van der Waals surface area contributed by atoms with Gasteiger partial charge in [0.05, 0.1) is 28.3 Å². The molecule has 1 aromatic rings. The summed E-state index contributed by atoms with van der Waals surface area (Å²) in [4.78, 5) is 34.5. The molecule has 3 N–H and O–H groups in total. The number of pyridine rings is 1. The Morgan fingerprint density at radius 2 is 1.85 bits per heavy atom. The molecule has 1 aliphatic carbocycles. The molecule has 2 aliphatic rings. The highest BCUT2D eigenvalue weighted by molar-refractivity contribution is 7.81. The van der Waals surface area contributed by atoms with Gasteiger partial charge in [0.1, 0.15) is 5.82 Å². The van der Waals surface area contributed by atoms with Crippen molar-refractivity contribution in [2.75, 3.05) is 18.4 Å². The van der Waals surface area contributed by atoms with E-state index >= 15 is 0 Å². The number of carbonyl (C=O) groups excluding carboxylic acids is 2. The molecule has 1 saturated carbocycles. The second kappa shape index (κ2) is 11.5. The van der Waals surface area contributed by atoms with Gasteiger partial charge in [0, 0.05) is 36.3 Å². The highest BCUT2D eigenvalue weighted by Crippen LogP contribution is 2.42. The third-order valence-electron chi connectivity index (χ3n) is 7.15. The van der Waals surface area contributed by atoms with Crippen molar-refractivity contribution in [1.29, 1.82) is 0 Å². The molecule has 1 saturated heterocycles. The number of rotatable bonds is 10. The summed E-state index contributed by atoms with van der Waals surface area (Å²) in [5.41, 5.74) is -3.92. The van der Waals surface area contributed by atoms with Gasteiger partial charge in [-0.25, -0.2) is 13.8 Å². The summed E-state index contributed by atoms with van der Waals surface area (Å²) in [6, 6.07) is -2.04. The number of anilines is 1. The maximum atomic E-state index is 14.3. The van der Waals surface area contributed by atoms with E-state index < -0.39 is 76.1 Å². The minimum atomic E-state index is -4.91. The van der Waals surface area contributed by atoms with Gasteiger partial charge in [-0.2, -0.15) is 13.2 Å². The zero-order chi connectivity index (χ0) is 31.1. The molecule has 8 nitrogen and oxygen atoms in total. The van der Waals surface area contributed by atoms with Gasteiger partial charge in [0.25, 0.3) is 17.7 Å². The van der Waals surface area contributed by atoms with E-state index in [-0.39, 0.29) is 24.0 Å². The molecule has 2 atom stereocenters. The number of likely N-dealkylation sites (tertiary alicyclic amines) is 1. The lowest BCUT2D eigenvalue weighted by molar-refractivity contribution is -0.138. The molecule has 14 heteroatoms. The number of aromatic nitrogens is 1. The van der Waals surface area contributed by atoms with Crippen LogP contribution in [0, 0.1) is 5.92 Å². The zero-order valence-electron chi connectivity index (χ0n) is 23.8. The number of aliphatic imine (C=N–C) groups is 1. The summed E-state index contributed by atoms with van der Waals surface area (Å²) in [6.45, 7) is 8.04. The fourth-order valence-corrected chi connectivity index (χ4v) is 5.02. The van der Waals surface area contributed by atoms with E-state index in [1.807, 2.05) is 13.8 Å². The number of nitrogens with zero attached hydrogens (tertiary/aromatic N) is 3. The van der Waals surface area contributed by atoms with E-state index in [1.165, 1.54) is 27.7 Å². The molecule has 0 spiro atoms. The number of nitrogens with one attached hydrogen (secondary N) is 2. The molecule has 3 rings (SSSR count). The lowest BCUT2D eigenvalue weighted by Gasteiger charge is -2.28. The minimum absolute atomic E-state index is 0.0397. The Balaban J connectivity index is 2.03. The standard InChI is InChI=1S/C27H36F5N5O3S/c1-14-10-26(28,29)13-37(14)23(39)20(35-15(2)22(38)34-12-24(3,4)40)21(41)17-11-33-19(9-18(17)27(30,31)32)36-25(5,6)16-7-8-16/h9,11,14,16,20,40H,7-8,10,12-13H2,1-6H3,(H,33,36)(H,34,38)/b35-15+/t14-,20?/m0/s1. The number of hydrogen-bond acceptors (Lipinski definition) is 7. The maximum absolute atomic E-state index is 14.3. The van der Waals surface area contributed by atoms with Gasteiger partial charge in [-0.05, 0) is 66.4 Å². The number of alkyl halides is 5. The third kappa shape index (κ3) is 8.40. The summed E-state index contributed by atoms with van der Waals surface area (Å²) in [7, 11) is 0. The van der Waals surface area contributed by atoms with Gasteiger partial charge in [-0.1, -0.05) is 12.2 Å². The van der Waals surface area contributed by atoms with Crippen LogP contribution in [0.15, 0.2) is 17.3 Å². The first-order valence-corrected chi connectivity index (χ1v) is 13.6. The van der Waals surface area contributed by atoms with Crippen LogP contribution in [-0.4, -0.2) is 79.6 Å². The van der Waals surface area contributed by atoms with Crippen molar-refractivity contribution in [2.24, 2.45) is 10.9 Å². The predicted molar refractivity (Wildman–Crippen MR) is 148 cm³/mol. The first-order chi connectivity index (χ1) is 18.6. The Hall–Kier alpha value is -2.74. The summed E-state index contributed by atoms with van der Waals surface area (Å²) in [6.07, 6.45) is -2.79. The van der Waals surface area contributed by atoms with Gasteiger partial charge in [0.15, 0.2) is 6.04 Å². The summed E-state index contributed by atoms with van der Waals surface area (Å²) < 4.78 is 71.2. The lowest BCUT2D eigenvalue weighted by atomic mass is 9.97. The smallest absolute Gasteiger partial charge is 0.389 e. The molecular weight excluding hydrogens is 569 g/mol. The molecule has 1 unspecified atom stereocenters. The van der Waals surface area contributed by atoms with Crippen molar-refractivity contribution in [2.45, 2.75) is 96.1 Å². The van der Waals surface area contributed by atoms with Crippen molar-refractivity contribution in [3.8, 4) is 0 Å². The molecule has 228 valence electrons. The topological polar surface area (TPSA) is 107 Å². The van der Waals surface area contributed by atoms with E-state index in [2.05, 4.69) is 20.6 Å². The second-order valence-corrected chi connectivity index (χ2v) is 12.5. The first-order valence-electron chi connectivity index (χ1n) is 13.2. The van der Waals surface area contributed by atoms with Crippen molar-refractivity contribution < 1.29 is 36.6 Å².